The van der Waals surface area contributed by atoms with Gasteiger partial charge in [-0.05, 0) is 74.8 Å². The Morgan fingerprint density at radius 1 is 1.06 bits per heavy atom. The third-order valence-corrected chi connectivity index (χ3v) is 8.55. The summed E-state index contributed by atoms with van der Waals surface area (Å²) >= 11 is 0. The van der Waals surface area contributed by atoms with Crippen molar-refractivity contribution >= 4 is 5.69 Å². The van der Waals surface area contributed by atoms with Crippen LogP contribution in [0.5, 0.6) is 0 Å². The molecule has 1 spiro atoms. The Balaban J connectivity index is 1.21. The van der Waals surface area contributed by atoms with E-state index in [0.717, 1.165) is 32.4 Å². The first-order chi connectivity index (χ1) is 15.3. The molecule has 4 heteroatoms. The fraction of sp³-hybridized carbons (Fsp3) is 0.593. The van der Waals surface area contributed by atoms with E-state index in [0.29, 0.717) is 6.04 Å². The van der Waals surface area contributed by atoms with Crippen molar-refractivity contribution in [1.82, 2.24) is 10.3 Å². The van der Waals surface area contributed by atoms with Crippen molar-refractivity contribution in [3.8, 4) is 0 Å². The van der Waals surface area contributed by atoms with Gasteiger partial charge in [0.05, 0.1) is 5.60 Å². The Labute approximate surface area is 186 Å². The highest BCUT2D eigenvalue weighted by Crippen LogP contribution is 2.49. The summed E-state index contributed by atoms with van der Waals surface area (Å²) in [5.41, 5.74) is 6.11. The average Bonchev–Trinajstić information content (AvgIpc) is 3.44. The van der Waals surface area contributed by atoms with E-state index >= 15 is 0 Å². The predicted molar refractivity (Wildman–Crippen MR) is 125 cm³/mol. The third kappa shape index (κ3) is 3.48. The van der Waals surface area contributed by atoms with Crippen LogP contribution in [0.3, 0.4) is 0 Å². The van der Waals surface area contributed by atoms with Gasteiger partial charge >= 0.3 is 0 Å². The van der Waals surface area contributed by atoms with E-state index in [1.807, 2.05) is 12.3 Å². The molecule has 2 fully saturated rings. The lowest BCUT2D eigenvalue weighted by Crippen LogP contribution is -2.47. The van der Waals surface area contributed by atoms with Crippen molar-refractivity contribution < 1.29 is 4.74 Å². The minimum Gasteiger partial charge on any atom is -0.375 e. The molecule has 0 bridgehead atoms. The smallest absolute Gasteiger partial charge is 0.0691 e. The van der Waals surface area contributed by atoms with Gasteiger partial charge in [0.25, 0.3) is 0 Å². The fourth-order valence-corrected chi connectivity index (χ4v) is 7.00. The van der Waals surface area contributed by atoms with Crippen LogP contribution in [0, 0.1) is 0 Å². The molecule has 0 amide bonds. The molecule has 1 saturated heterocycles. The van der Waals surface area contributed by atoms with Crippen LogP contribution in [0.4, 0.5) is 5.69 Å². The SMILES string of the molecule is c1ccc([C@]2(CCNC3CCN4CCc5cccc3c54)CCOC3(CCCC3)C2)nc1. The lowest BCUT2D eigenvalue weighted by Gasteiger charge is -2.46. The number of ether oxygens (including phenoxy) is 1. The summed E-state index contributed by atoms with van der Waals surface area (Å²) in [5.74, 6) is 0. The lowest BCUT2D eigenvalue weighted by atomic mass is 9.68. The zero-order chi connectivity index (χ0) is 20.7. The Kier molecular flexibility index (Phi) is 5.03. The van der Waals surface area contributed by atoms with E-state index in [-0.39, 0.29) is 11.0 Å². The highest BCUT2D eigenvalue weighted by atomic mass is 16.5. The zero-order valence-electron chi connectivity index (χ0n) is 18.6. The maximum absolute atomic E-state index is 6.42. The number of hydrogen-bond donors (Lipinski definition) is 1. The number of rotatable bonds is 5. The van der Waals surface area contributed by atoms with E-state index in [4.69, 9.17) is 9.72 Å². The van der Waals surface area contributed by atoms with E-state index in [9.17, 15) is 0 Å². The van der Waals surface area contributed by atoms with Crippen molar-refractivity contribution in [3.05, 3.63) is 59.4 Å². The van der Waals surface area contributed by atoms with Gasteiger partial charge in [0.2, 0.25) is 0 Å². The van der Waals surface area contributed by atoms with Crippen LogP contribution in [0.2, 0.25) is 0 Å². The number of hydrogen-bond acceptors (Lipinski definition) is 4. The van der Waals surface area contributed by atoms with Gasteiger partial charge in [0.1, 0.15) is 0 Å². The summed E-state index contributed by atoms with van der Waals surface area (Å²) in [6.45, 7) is 4.30. The van der Waals surface area contributed by atoms with Gasteiger partial charge in [0, 0.05) is 48.7 Å². The van der Waals surface area contributed by atoms with E-state index in [1.54, 1.807) is 5.56 Å². The molecule has 2 aromatic rings. The monoisotopic (exact) mass is 417 g/mol. The molecule has 2 atom stereocenters. The summed E-state index contributed by atoms with van der Waals surface area (Å²) in [4.78, 5) is 7.47. The van der Waals surface area contributed by atoms with Gasteiger partial charge in [0.15, 0.2) is 0 Å². The Bertz CT molecular complexity index is 923. The number of nitrogens with zero attached hydrogens (tertiary/aromatic N) is 2. The van der Waals surface area contributed by atoms with Crippen molar-refractivity contribution in [1.29, 1.82) is 0 Å². The normalized spacial score (nSPS) is 28.8. The molecule has 4 heterocycles. The molecule has 1 aromatic heterocycles. The number of para-hydroxylation sites is 1. The molecule has 0 radical (unpaired) electrons. The molecule has 164 valence electrons. The van der Waals surface area contributed by atoms with Gasteiger partial charge in [-0.2, -0.15) is 0 Å². The number of benzene rings is 1. The molecular formula is C27H35N3O. The Hall–Kier alpha value is -1.91. The molecule has 3 aliphatic heterocycles. The first kappa shape index (κ1) is 19.8. The van der Waals surface area contributed by atoms with Crippen molar-refractivity contribution in [3.63, 3.8) is 0 Å². The molecule has 6 rings (SSSR count). The lowest BCUT2D eigenvalue weighted by molar-refractivity contribution is -0.104. The second-order valence-corrected chi connectivity index (χ2v) is 10.3. The molecule has 31 heavy (non-hydrogen) atoms. The average molecular weight is 418 g/mol. The molecule has 1 saturated carbocycles. The van der Waals surface area contributed by atoms with Gasteiger partial charge in [-0.15, -0.1) is 0 Å². The minimum absolute atomic E-state index is 0.0986. The van der Waals surface area contributed by atoms with Crippen molar-refractivity contribution in [2.24, 2.45) is 0 Å². The van der Waals surface area contributed by atoms with Crippen molar-refractivity contribution in [2.75, 3.05) is 31.1 Å². The van der Waals surface area contributed by atoms with Gasteiger partial charge < -0.3 is 15.0 Å². The second-order valence-electron chi connectivity index (χ2n) is 10.3. The van der Waals surface area contributed by atoms with E-state index < -0.39 is 0 Å². The summed E-state index contributed by atoms with van der Waals surface area (Å²) in [7, 11) is 0. The fourth-order valence-electron chi connectivity index (χ4n) is 7.00. The topological polar surface area (TPSA) is 37.4 Å². The standard InChI is InChI=1S/C27H35N3O/c1-4-15-29-24(8-1)26(14-19-31-27(20-26)11-2-3-12-27)13-16-28-23-10-18-30-17-9-21-6-5-7-22(23)25(21)30/h1,4-8,15,23,28H,2-3,9-14,16-20H2/t23?,26-/m1/s1. The molecular weight excluding hydrogens is 382 g/mol. The number of nitrogens with one attached hydrogen (secondary N) is 1. The van der Waals surface area contributed by atoms with E-state index in [2.05, 4.69) is 40.5 Å². The highest BCUT2D eigenvalue weighted by Gasteiger charge is 2.48. The summed E-state index contributed by atoms with van der Waals surface area (Å²) in [6, 6.07) is 13.9. The zero-order valence-corrected chi connectivity index (χ0v) is 18.6. The number of anilines is 1. The maximum Gasteiger partial charge on any atom is 0.0691 e. The van der Waals surface area contributed by atoms with Crippen LogP contribution in [0.25, 0.3) is 0 Å². The Morgan fingerprint density at radius 2 is 2.00 bits per heavy atom. The van der Waals surface area contributed by atoms with Gasteiger partial charge in [-0.25, -0.2) is 0 Å². The minimum atomic E-state index is 0.0986. The molecule has 4 nitrogen and oxygen atoms in total. The predicted octanol–water partition coefficient (Wildman–Crippen LogP) is 4.93. The summed E-state index contributed by atoms with van der Waals surface area (Å²) in [5, 5.41) is 3.98. The van der Waals surface area contributed by atoms with Gasteiger partial charge in [-0.1, -0.05) is 37.1 Å². The quantitative estimate of drug-likeness (QED) is 0.749. The van der Waals surface area contributed by atoms with Crippen molar-refractivity contribution in [2.45, 2.75) is 74.8 Å². The van der Waals surface area contributed by atoms with Crippen LogP contribution in [-0.4, -0.2) is 36.8 Å². The molecule has 4 aliphatic rings. The van der Waals surface area contributed by atoms with E-state index in [1.165, 1.54) is 68.6 Å². The molecule has 1 unspecified atom stereocenters. The summed E-state index contributed by atoms with van der Waals surface area (Å²) in [6.07, 6.45) is 12.8. The molecule has 1 aromatic carbocycles. The van der Waals surface area contributed by atoms with Crippen LogP contribution < -0.4 is 10.2 Å². The van der Waals surface area contributed by atoms with Crippen LogP contribution >= 0.6 is 0 Å². The highest BCUT2D eigenvalue weighted by molar-refractivity contribution is 5.65. The largest absolute Gasteiger partial charge is 0.375 e. The third-order valence-electron chi connectivity index (χ3n) is 8.55. The maximum atomic E-state index is 6.42. The van der Waals surface area contributed by atoms with Crippen LogP contribution in [-0.2, 0) is 16.6 Å². The van der Waals surface area contributed by atoms with Crippen LogP contribution in [0.1, 0.15) is 74.2 Å². The van der Waals surface area contributed by atoms with Gasteiger partial charge in [-0.3, -0.25) is 4.98 Å². The van der Waals surface area contributed by atoms with Crippen LogP contribution in [0.15, 0.2) is 42.6 Å². The Morgan fingerprint density at radius 3 is 2.87 bits per heavy atom. The number of aromatic nitrogens is 1. The second kappa shape index (κ2) is 7.90. The first-order valence-corrected chi connectivity index (χ1v) is 12.4. The molecule has 1 aliphatic carbocycles. The summed E-state index contributed by atoms with van der Waals surface area (Å²) < 4.78 is 6.42. The molecule has 1 N–H and O–H groups in total. The number of pyridine rings is 1. The first-order valence-electron chi connectivity index (χ1n) is 12.4.